The Balaban J connectivity index is 1.52. The summed E-state index contributed by atoms with van der Waals surface area (Å²) >= 11 is 0. The minimum Gasteiger partial charge on any atom is -0.396 e. The molecule has 0 spiro atoms. The van der Waals surface area contributed by atoms with Crippen LogP contribution in [-0.2, 0) is 24.3 Å². The predicted molar refractivity (Wildman–Crippen MR) is 88.5 cm³/mol. The van der Waals surface area contributed by atoms with Gasteiger partial charge in [-0.15, -0.1) is 5.10 Å². The number of aryl methyl sites for hydroxylation is 1. The lowest BCUT2D eigenvalue weighted by molar-refractivity contribution is -0.122. The summed E-state index contributed by atoms with van der Waals surface area (Å²) < 4.78 is 1.46. The average Bonchev–Trinajstić information content (AvgIpc) is 2.97. The fraction of sp³-hybridized carbons (Fsp3) is 0.562. The first-order chi connectivity index (χ1) is 12.0. The summed E-state index contributed by atoms with van der Waals surface area (Å²) in [7, 11) is 0. The molecule has 3 rings (SSSR count). The van der Waals surface area contributed by atoms with E-state index in [-0.39, 0.29) is 36.6 Å². The quantitative estimate of drug-likeness (QED) is 0.631. The Hall–Kier alpha value is -2.55. The van der Waals surface area contributed by atoms with E-state index in [1.165, 1.54) is 10.9 Å². The molecule has 3 N–H and O–H groups in total. The fourth-order valence-corrected chi connectivity index (χ4v) is 2.98. The Morgan fingerprint density at radius 3 is 2.92 bits per heavy atom. The van der Waals surface area contributed by atoms with Crippen LogP contribution in [0.3, 0.4) is 0 Å². The summed E-state index contributed by atoms with van der Waals surface area (Å²) in [6.07, 6.45) is 6.98. The van der Waals surface area contributed by atoms with E-state index in [0.717, 1.165) is 25.0 Å². The van der Waals surface area contributed by atoms with Gasteiger partial charge >= 0.3 is 0 Å². The number of H-pyrrole nitrogens is 1. The molecule has 0 aromatic carbocycles. The lowest BCUT2D eigenvalue weighted by Crippen LogP contribution is -2.35. The third kappa shape index (κ3) is 4.11. The van der Waals surface area contributed by atoms with Crippen LogP contribution in [0.5, 0.6) is 0 Å². The molecule has 1 aliphatic rings. The molecule has 9 nitrogen and oxygen atoms in total. The van der Waals surface area contributed by atoms with Crippen molar-refractivity contribution in [3.05, 3.63) is 39.8 Å². The van der Waals surface area contributed by atoms with E-state index in [1.54, 1.807) is 13.1 Å². The molecule has 1 fully saturated rings. The molecule has 2 aromatic rings. The van der Waals surface area contributed by atoms with Crippen LogP contribution in [0.25, 0.3) is 0 Å². The van der Waals surface area contributed by atoms with Gasteiger partial charge in [0.25, 0.3) is 5.56 Å². The zero-order valence-electron chi connectivity index (χ0n) is 14.2. The number of carbonyl (C=O) groups is 1. The van der Waals surface area contributed by atoms with Gasteiger partial charge in [-0.2, -0.15) is 0 Å². The Morgan fingerprint density at radius 2 is 2.28 bits per heavy atom. The minimum atomic E-state index is -0.267. The zero-order chi connectivity index (χ0) is 17.9. The molecule has 0 unspecified atom stereocenters. The van der Waals surface area contributed by atoms with Gasteiger partial charge in [-0.25, -0.2) is 9.67 Å². The Labute approximate surface area is 144 Å². The van der Waals surface area contributed by atoms with Crippen molar-refractivity contribution in [3.8, 4) is 0 Å². The van der Waals surface area contributed by atoms with Crippen molar-refractivity contribution < 1.29 is 9.90 Å². The Bertz CT molecular complexity index is 803. The largest absolute Gasteiger partial charge is 0.396 e. The normalized spacial score (nSPS) is 15.6. The number of amides is 1. The van der Waals surface area contributed by atoms with Gasteiger partial charge in [0.1, 0.15) is 12.4 Å². The van der Waals surface area contributed by atoms with Crippen LogP contribution in [0.2, 0.25) is 0 Å². The van der Waals surface area contributed by atoms with Gasteiger partial charge in [-0.1, -0.05) is 11.6 Å². The molecule has 134 valence electrons. The fourth-order valence-electron chi connectivity index (χ4n) is 2.98. The van der Waals surface area contributed by atoms with Gasteiger partial charge in [-0.05, 0) is 25.2 Å². The van der Waals surface area contributed by atoms with Gasteiger partial charge in [-0.3, -0.25) is 9.59 Å². The number of aromatic nitrogens is 5. The van der Waals surface area contributed by atoms with Crippen LogP contribution >= 0.6 is 0 Å². The van der Waals surface area contributed by atoms with Gasteiger partial charge in [0.05, 0.1) is 11.3 Å². The van der Waals surface area contributed by atoms with E-state index < -0.39 is 0 Å². The van der Waals surface area contributed by atoms with Crippen LogP contribution in [0.1, 0.15) is 36.3 Å². The van der Waals surface area contributed by atoms with Gasteiger partial charge < -0.3 is 15.4 Å². The first kappa shape index (κ1) is 17.3. The SMILES string of the molecule is Cc1ncc(CNC(=O)Cn2cc(CC3(CO)CCC3)nn2)c(=O)[nH]1. The summed E-state index contributed by atoms with van der Waals surface area (Å²) in [4.78, 5) is 30.3. The van der Waals surface area contributed by atoms with E-state index in [9.17, 15) is 14.7 Å². The van der Waals surface area contributed by atoms with Crippen molar-refractivity contribution in [2.45, 2.75) is 45.7 Å². The van der Waals surface area contributed by atoms with Crippen molar-refractivity contribution in [3.63, 3.8) is 0 Å². The second-order valence-electron chi connectivity index (χ2n) is 6.70. The second-order valence-corrected chi connectivity index (χ2v) is 6.70. The van der Waals surface area contributed by atoms with Gasteiger partial charge in [0.15, 0.2) is 0 Å². The maximum atomic E-state index is 12.0. The lowest BCUT2D eigenvalue weighted by Gasteiger charge is -2.39. The van der Waals surface area contributed by atoms with E-state index >= 15 is 0 Å². The van der Waals surface area contributed by atoms with Crippen molar-refractivity contribution in [1.29, 1.82) is 0 Å². The molecule has 1 aliphatic carbocycles. The number of aromatic amines is 1. The summed E-state index contributed by atoms with van der Waals surface area (Å²) in [5.74, 6) is 0.263. The molecular weight excluding hydrogens is 324 g/mol. The van der Waals surface area contributed by atoms with Crippen molar-refractivity contribution >= 4 is 5.91 Å². The summed E-state index contributed by atoms with van der Waals surface area (Å²) in [6, 6.07) is 0. The maximum Gasteiger partial charge on any atom is 0.255 e. The average molecular weight is 346 g/mol. The molecule has 1 amide bonds. The number of hydrogen-bond acceptors (Lipinski definition) is 6. The van der Waals surface area contributed by atoms with E-state index in [2.05, 4.69) is 25.6 Å². The lowest BCUT2D eigenvalue weighted by atomic mass is 9.67. The molecule has 0 bridgehead atoms. The molecule has 2 heterocycles. The van der Waals surface area contributed by atoms with Crippen LogP contribution < -0.4 is 10.9 Å². The van der Waals surface area contributed by atoms with Gasteiger partial charge in [0.2, 0.25) is 5.91 Å². The molecule has 25 heavy (non-hydrogen) atoms. The van der Waals surface area contributed by atoms with E-state index in [0.29, 0.717) is 17.8 Å². The highest BCUT2D eigenvalue weighted by atomic mass is 16.3. The zero-order valence-corrected chi connectivity index (χ0v) is 14.2. The third-order valence-corrected chi connectivity index (χ3v) is 4.67. The number of aliphatic hydroxyl groups excluding tert-OH is 1. The molecule has 0 aliphatic heterocycles. The number of nitrogens with one attached hydrogen (secondary N) is 2. The summed E-state index contributed by atoms with van der Waals surface area (Å²) in [6.45, 7) is 1.98. The maximum absolute atomic E-state index is 12.0. The number of hydrogen-bond donors (Lipinski definition) is 3. The van der Waals surface area contributed by atoms with Crippen molar-refractivity contribution in [1.82, 2.24) is 30.3 Å². The molecule has 9 heteroatoms. The third-order valence-electron chi connectivity index (χ3n) is 4.67. The molecular formula is C16H22N6O3. The highest BCUT2D eigenvalue weighted by Gasteiger charge is 2.37. The summed E-state index contributed by atoms with van der Waals surface area (Å²) in [5.41, 5.74) is 0.849. The Kier molecular flexibility index (Phi) is 4.93. The van der Waals surface area contributed by atoms with Gasteiger partial charge in [0, 0.05) is 32.0 Å². The highest BCUT2D eigenvalue weighted by molar-refractivity contribution is 5.75. The van der Waals surface area contributed by atoms with Crippen LogP contribution in [0, 0.1) is 12.3 Å². The smallest absolute Gasteiger partial charge is 0.255 e. The minimum absolute atomic E-state index is 0.0241. The molecule has 0 radical (unpaired) electrons. The van der Waals surface area contributed by atoms with Crippen LogP contribution in [-0.4, -0.2) is 42.6 Å². The molecule has 0 saturated heterocycles. The van der Waals surface area contributed by atoms with Crippen LogP contribution in [0.4, 0.5) is 0 Å². The number of carbonyl (C=O) groups excluding carboxylic acids is 1. The number of aliphatic hydroxyl groups is 1. The topological polar surface area (TPSA) is 126 Å². The molecule has 2 aromatic heterocycles. The monoisotopic (exact) mass is 346 g/mol. The van der Waals surface area contributed by atoms with E-state index in [4.69, 9.17) is 0 Å². The van der Waals surface area contributed by atoms with Crippen molar-refractivity contribution in [2.75, 3.05) is 6.61 Å². The predicted octanol–water partition coefficient (Wildman–Crippen LogP) is -0.309. The van der Waals surface area contributed by atoms with Crippen molar-refractivity contribution in [2.24, 2.45) is 5.41 Å². The first-order valence-corrected chi connectivity index (χ1v) is 8.31. The van der Waals surface area contributed by atoms with Crippen LogP contribution in [0.15, 0.2) is 17.2 Å². The molecule has 0 atom stereocenters. The Morgan fingerprint density at radius 1 is 1.48 bits per heavy atom. The number of rotatable bonds is 7. The van der Waals surface area contributed by atoms with E-state index in [1.807, 2.05) is 0 Å². The number of nitrogens with zero attached hydrogens (tertiary/aromatic N) is 4. The second kappa shape index (κ2) is 7.14. The highest BCUT2D eigenvalue weighted by Crippen LogP contribution is 2.42. The molecule has 1 saturated carbocycles. The standard InChI is InChI=1S/C16H22N6O3/c1-11-17-6-12(15(25)19-11)7-18-14(24)9-22-8-13(20-21-22)5-16(10-23)3-2-4-16/h6,8,23H,2-5,7,9-10H2,1H3,(H,18,24)(H,17,19,25). The first-order valence-electron chi connectivity index (χ1n) is 8.31. The summed E-state index contributed by atoms with van der Waals surface area (Å²) in [5, 5.41) is 20.2.